The number of anilines is 1. The van der Waals surface area contributed by atoms with Crippen LogP contribution in [0.15, 0.2) is 84.9 Å². The van der Waals surface area contributed by atoms with Gasteiger partial charge in [-0.2, -0.15) is 4.79 Å². The van der Waals surface area contributed by atoms with Crippen molar-refractivity contribution in [1.29, 1.82) is 0 Å². The molecule has 4 aromatic rings. The van der Waals surface area contributed by atoms with Crippen LogP contribution in [-0.2, 0) is 6.54 Å². The van der Waals surface area contributed by atoms with Gasteiger partial charge in [0.25, 0.3) is 5.91 Å². The van der Waals surface area contributed by atoms with Crippen LogP contribution in [-0.4, -0.2) is 21.0 Å². The lowest BCUT2D eigenvalue weighted by Gasteiger charge is -2.12. The maximum atomic E-state index is 12.6. The van der Waals surface area contributed by atoms with E-state index in [2.05, 4.69) is 28.0 Å². The molecule has 29 heavy (non-hydrogen) atoms. The van der Waals surface area contributed by atoms with Crippen molar-refractivity contribution in [2.75, 3.05) is 10.7 Å². The van der Waals surface area contributed by atoms with Gasteiger partial charge in [0.1, 0.15) is 11.4 Å². The summed E-state index contributed by atoms with van der Waals surface area (Å²) >= 11 is 0. The molecule has 1 heterocycles. The second-order valence-corrected chi connectivity index (χ2v) is 6.69. The van der Waals surface area contributed by atoms with Crippen molar-refractivity contribution < 1.29 is 4.79 Å². The van der Waals surface area contributed by atoms with Crippen molar-refractivity contribution in [3.05, 3.63) is 102 Å². The van der Waals surface area contributed by atoms with Gasteiger partial charge >= 0.3 is 0 Å². The Morgan fingerprint density at radius 3 is 2.24 bits per heavy atom. The minimum Gasteiger partial charge on any atom is -0.379 e. The van der Waals surface area contributed by atoms with E-state index in [-0.39, 0.29) is 5.91 Å². The molecule has 144 valence electrons. The van der Waals surface area contributed by atoms with Crippen LogP contribution < -0.4 is 10.7 Å². The fraction of sp³-hybridized carbons (Fsp3) is 0.0870. The van der Waals surface area contributed by atoms with Crippen LogP contribution in [0.1, 0.15) is 21.6 Å². The Hall–Kier alpha value is -3.93. The smallest absolute Gasteiger partial charge is 0.271 e. The number of nitrogens with zero attached hydrogens (tertiary/aromatic N) is 3. The number of amides is 1. The van der Waals surface area contributed by atoms with Crippen molar-refractivity contribution in [1.82, 2.24) is 15.1 Å². The number of hydrogen-bond acceptors (Lipinski definition) is 4. The van der Waals surface area contributed by atoms with E-state index >= 15 is 0 Å². The monoisotopic (exact) mass is 383 g/mol. The molecule has 0 saturated carbocycles. The maximum Gasteiger partial charge on any atom is 0.271 e. The molecule has 2 N–H and O–H groups in total. The number of hydrogen-bond donors (Lipinski definition) is 2. The van der Waals surface area contributed by atoms with E-state index < -0.39 is 0 Å². The molecule has 0 aliphatic carbocycles. The zero-order valence-electron chi connectivity index (χ0n) is 16.0. The van der Waals surface area contributed by atoms with Gasteiger partial charge in [0.05, 0.1) is 6.54 Å². The average Bonchev–Trinajstić information content (AvgIpc) is 3.17. The fourth-order valence-electron chi connectivity index (χ4n) is 2.98. The van der Waals surface area contributed by atoms with E-state index in [4.69, 9.17) is 0 Å². The Kier molecular flexibility index (Phi) is 5.33. The first kappa shape index (κ1) is 18.4. The minimum atomic E-state index is -0.244. The zero-order valence-corrected chi connectivity index (χ0v) is 16.0. The van der Waals surface area contributed by atoms with Crippen molar-refractivity contribution in [3.63, 3.8) is 0 Å². The first-order chi connectivity index (χ1) is 14.2. The highest BCUT2D eigenvalue weighted by atomic mass is 16.2. The number of nitrogens with one attached hydrogen (secondary N) is 2. The first-order valence-corrected chi connectivity index (χ1v) is 9.37. The minimum absolute atomic E-state index is 0.244. The summed E-state index contributed by atoms with van der Waals surface area (Å²) in [5, 5.41) is 11.9. The molecule has 0 bridgehead atoms. The lowest BCUT2D eigenvalue weighted by molar-refractivity contribution is 0.100. The topological polar surface area (TPSA) is 71.8 Å². The molecule has 0 aliphatic heterocycles. The van der Waals surface area contributed by atoms with Crippen LogP contribution in [0, 0.1) is 6.92 Å². The Morgan fingerprint density at radius 2 is 1.55 bits per heavy atom. The van der Waals surface area contributed by atoms with Gasteiger partial charge in [0, 0.05) is 16.8 Å². The van der Waals surface area contributed by atoms with E-state index in [1.165, 1.54) is 10.4 Å². The summed E-state index contributed by atoms with van der Waals surface area (Å²) < 4.78 is 0. The Bertz CT molecular complexity index is 1090. The van der Waals surface area contributed by atoms with Gasteiger partial charge in [-0.05, 0) is 36.4 Å². The van der Waals surface area contributed by atoms with Crippen molar-refractivity contribution in [2.45, 2.75) is 13.5 Å². The standard InChI is InChI=1S/C23H21N5O/c1-17-12-14-20(15-13-17)24-16-21-22(18-8-4-2-5-9-18)25-27-28(21)26-23(29)19-10-6-3-7-11-19/h2-15,24H,16H2,1H3,(H,26,29). The molecule has 1 aromatic heterocycles. The summed E-state index contributed by atoms with van der Waals surface area (Å²) in [6.07, 6.45) is 0. The summed E-state index contributed by atoms with van der Waals surface area (Å²) in [6.45, 7) is 2.50. The molecule has 0 unspecified atom stereocenters. The van der Waals surface area contributed by atoms with Crippen LogP contribution in [0.3, 0.4) is 0 Å². The predicted molar refractivity (Wildman–Crippen MR) is 114 cm³/mol. The molecule has 0 radical (unpaired) electrons. The Labute approximate surface area is 169 Å². The highest BCUT2D eigenvalue weighted by Crippen LogP contribution is 2.22. The molecule has 4 rings (SSSR count). The quantitative estimate of drug-likeness (QED) is 0.522. The van der Waals surface area contributed by atoms with Gasteiger partial charge < -0.3 is 5.32 Å². The molecule has 0 atom stereocenters. The third-order valence-corrected chi connectivity index (χ3v) is 4.57. The number of carbonyl (C=O) groups excluding carboxylic acids is 1. The molecule has 0 aliphatic rings. The predicted octanol–water partition coefficient (Wildman–Crippen LogP) is 4.25. The first-order valence-electron chi connectivity index (χ1n) is 9.37. The molecule has 3 aromatic carbocycles. The van der Waals surface area contributed by atoms with Gasteiger partial charge in [0.2, 0.25) is 0 Å². The highest BCUT2D eigenvalue weighted by Gasteiger charge is 2.17. The Morgan fingerprint density at radius 1 is 0.897 bits per heavy atom. The second-order valence-electron chi connectivity index (χ2n) is 6.69. The molecular weight excluding hydrogens is 362 g/mol. The molecular formula is C23H21N5O. The van der Waals surface area contributed by atoms with Crippen molar-refractivity contribution in [2.24, 2.45) is 0 Å². The van der Waals surface area contributed by atoms with E-state index in [0.717, 1.165) is 22.6 Å². The number of aryl methyl sites for hydroxylation is 1. The molecule has 0 fully saturated rings. The van der Waals surface area contributed by atoms with Crippen LogP contribution in [0.5, 0.6) is 0 Å². The largest absolute Gasteiger partial charge is 0.379 e. The summed E-state index contributed by atoms with van der Waals surface area (Å²) in [6, 6.07) is 27.0. The second kappa shape index (κ2) is 8.39. The average molecular weight is 383 g/mol. The third-order valence-electron chi connectivity index (χ3n) is 4.57. The number of aromatic nitrogens is 3. The van der Waals surface area contributed by atoms with Crippen LogP contribution in [0.2, 0.25) is 0 Å². The SMILES string of the molecule is Cc1ccc(NCc2c(-c3ccccc3)nnn2NC(=O)c2ccccc2)cc1. The molecule has 0 saturated heterocycles. The summed E-state index contributed by atoms with van der Waals surface area (Å²) in [7, 11) is 0. The fourth-order valence-corrected chi connectivity index (χ4v) is 2.98. The lowest BCUT2D eigenvalue weighted by atomic mass is 10.1. The molecule has 6 nitrogen and oxygen atoms in total. The van der Waals surface area contributed by atoms with E-state index in [0.29, 0.717) is 12.1 Å². The summed E-state index contributed by atoms with van der Waals surface area (Å²) in [5.74, 6) is -0.244. The molecule has 0 spiro atoms. The van der Waals surface area contributed by atoms with Crippen LogP contribution >= 0.6 is 0 Å². The Balaban J connectivity index is 1.63. The van der Waals surface area contributed by atoms with Gasteiger partial charge in [0.15, 0.2) is 0 Å². The molecule has 1 amide bonds. The van der Waals surface area contributed by atoms with E-state index in [1.54, 1.807) is 12.1 Å². The van der Waals surface area contributed by atoms with Gasteiger partial charge in [-0.1, -0.05) is 66.2 Å². The number of carbonyl (C=O) groups is 1. The van der Waals surface area contributed by atoms with Gasteiger partial charge in [-0.3, -0.25) is 4.79 Å². The van der Waals surface area contributed by atoms with Crippen molar-refractivity contribution in [3.8, 4) is 11.3 Å². The highest BCUT2D eigenvalue weighted by molar-refractivity contribution is 5.99. The number of benzene rings is 3. The summed E-state index contributed by atoms with van der Waals surface area (Å²) in [4.78, 5) is 14.0. The van der Waals surface area contributed by atoms with Crippen LogP contribution in [0.4, 0.5) is 5.69 Å². The zero-order chi connectivity index (χ0) is 20.1. The normalized spacial score (nSPS) is 10.5. The van der Waals surface area contributed by atoms with E-state index in [1.807, 2.05) is 72.8 Å². The number of rotatable bonds is 6. The van der Waals surface area contributed by atoms with Crippen molar-refractivity contribution >= 4 is 11.6 Å². The maximum absolute atomic E-state index is 12.6. The van der Waals surface area contributed by atoms with Gasteiger partial charge in [-0.25, -0.2) is 5.43 Å². The summed E-state index contributed by atoms with van der Waals surface area (Å²) in [5.41, 5.74) is 7.99. The molecule has 6 heteroatoms. The van der Waals surface area contributed by atoms with E-state index in [9.17, 15) is 4.79 Å². The lowest BCUT2D eigenvalue weighted by Crippen LogP contribution is -2.26. The van der Waals surface area contributed by atoms with Gasteiger partial charge in [-0.15, -0.1) is 5.10 Å². The third kappa shape index (κ3) is 4.32. The van der Waals surface area contributed by atoms with Crippen LogP contribution in [0.25, 0.3) is 11.3 Å².